The van der Waals surface area contributed by atoms with Crippen molar-refractivity contribution in [1.82, 2.24) is 4.57 Å². The van der Waals surface area contributed by atoms with E-state index in [-0.39, 0.29) is 11.1 Å². The lowest BCUT2D eigenvalue weighted by atomic mass is 10.1. The summed E-state index contributed by atoms with van der Waals surface area (Å²) in [4.78, 5) is 23.6. The van der Waals surface area contributed by atoms with Gasteiger partial charge in [-0.1, -0.05) is 25.5 Å². The summed E-state index contributed by atoms with van der Waals surface area (Å²) < 4.78 is 7.31. The number of fused-ring (bicyclic) bond motifs is 1. The number of carboxylic acids is 1. The Morgan fingerprint density at radius 3 is 2.58 bits per heavy atom. The van der Waals surface area contributed by atoms with Gasteiger partial charge in [-0.15, -0.1) is 0 Å². The maximum Gasteiger partial charge on any atom is 0.335 e. The van der Waals surface area contributed by atoms with Gasteiger partial charge in [0.05, 0.1) is 18.7 Å². The highest BCUT2D eigenvalue weighted by Crippen LogP contribution is 2.19. The smallest absolute Gasteiger partial charge is 0.335 e. The quantitative estimate of drug-likeness (QED) is 0.655. The molecule has 1 aromatic heterocycles. The number of hydrogen-bond acceptors (Lipinski definition) is 3. The number of carbonyl (C=O) groups is 1. The normalized spacial score (nSPS) is 10.8. The molecule has 0 atom stereocenters. The molecule has 5 nitrogen and oxygen atoms in total. The van der Waals surface area contributed by atoms with Gasteiger partial charge in [-0.3, -0.25) is 4.79 Å². The van der Waals surface area contributed by atoms with E-state index in [9.17, 15) is 9.59 Å². The van der Waals surface area contributed by atoms with Crippen molar-refractivity contribution < 1.29 is 14.6 Å². The second-order valence-corrected chi connectivity index (χ2v) is 6.20. The first-order valence-electron chi connectivity index (χ1n) is 8.66. The average Bonchev–Trinajstić information content (AvgIpc) is 2.65. The molecule has 3 aromatic rings. The van der Waals surface area contributed by atoms with E-state index in [2.05, 4.69) is 6.92 Å². The number of aromatic carboxylic acids is 1. The molecule has 3 rings (SSSR count). The van der Waals surface area contributed by atoms with Crippen molar-refractivity contribution in [2.75, 3.05) is 6.61 Å². The Hall–Kier alpha value is -3.08. The molecule has 26 heavy (non-hydrogen) atoms. The summed E-state index contributed by atoms with van der Waals surface area (Å²) in [5, 5.41) is 10.4. The first kappa shape index (κ1) is 17.7. The van der Waals surface area contributed by atoms with Crippen molar-refractivity contribution >= 4 is 16.7 Å². The number of hydrogen-bond donors (Lipinski definition) is 1. The SMILES string of the molecule is CCCCOc1ccc2c(=O)n(Cc3ccc(C(=O)O)cc3)ccc2c1. The lowest BCUT2D eigenvalue weighted by Crippen LogP contribution is -2.20. The molecular formula is C21H21NO4. The number of pyridine rings is 1. The van der Waals surface area contributed by atoms with Gasteiger partial charge in [0, 0.05) is 11.6 Å². The van der Waals surface area contributed by atoms with Crippen LogP contribution in [0.25, 0.3) is 10.8 Å². The Morgan fingerprint density at radius 2 is 1.88 bits per heavy atom. The van der Waals surface area contributed by atoms with Crippen LogP contribution in [0, 0.1) is 0 Å². The first-order valence-corrected chi connectivity index (χ1v) is 8.66. The largest absolute Gasteiger partial charge is 0.494 e. The summed E-state index contributed by atoms with van der Waals surface area (Å²) >= 11 is 0. The molecule has 134 valence electrons. The standard InChI is InChI=1S/C21H21NO4/c1-2-3-12-26-18-8-9-19-17(13-18)10-11-22(20(19)23)14-15-4-6-16(7-5-15)21(24)25/h4-11,13H,2-3,12,14H2,1H3,(H,24,25). The van der Waals surface area contributed by atoms with E-state index < -0.39 is 5.97 Å². The van der Waals surface area contributed by atoms with Gasteiger partial charge in [-0.2, -0.15) is 0 Å². The number of rotatable bonds is 7. The summed E-state index contributed by atoms with van der Waals surface area (Å²) in [7, 11) is 0. The van der Waals surface area contributed by atoms with Crippen molar-refractivity contribution in [3.8, 4) is 5.75 Å². The lowest BCUT2D eigenvalue weighted by Gasteiger charge is -2.10. The number of unbranched alkanes of at least 4 members (excludes halogenated alkanes) is 1. The Balaban J connectivity index is 1.83. The minimum Gasteiger partial charge on any atom is -0.494 e. The summed E-state index contributed by atoms with van der Waals surface area (Å²) in [6, 6.07) is 13.9. The molecule has 0 aliphatic carbocycles. The predicted octanol–water partition coefficient (Wildman–Crippen LogP) is 3.93. The van der Waals surface area contributed by atoms with Crippen molar-refractivity contribution in [2.45, 2.75) is 26.3 Å². The Labute approximate surface area is 151 Å². The van der Waals surface area contributed by atoms with Gasteiger partial charge in [0.2, 0.25) is 0 Å². The van der Waals surface area contributed by atoms with Gasteiger partial charge in [0.1, 0.15) is 5.75 Å². The van der Waals surface area contributed by atoms with Crippen molar-refractivity contribution in [3.63, 3.8) is 0 Å². The number of carboxylic acid groups (broad SMARTS) is 1. The minimum atomic E-state index is -0.962. The molecule has 0 unspecified atom stereocenters. The van der Waals surface area contributed by atoms with Crippen LogP contribution in [0.1, 0.15) is 35.7 Å². The van der Waals surface area contributed by atoms with Crippen LogP contribution >= 0.6 is 0 Å². The monoisotopic (exact) mass is 351 g/mol. The third kappa shape index (κ3) is 3.94. The van der Waals surface area contributed by atoms with E-state index in [0.29, 0.717) is 18.5 Å². The van der Waals surface area contributed by atoms with Gasteiger partial charge >= 0.3 is 5.97 Å². The number of aromatic nitrogens is 1. The second-order valence-electron chi connectivity index (χ2n) is 6.20. The second kappa shape index (κ2) is 7.87. The topological polar surface area (TPSA) is 68.5 Å². The Bertz CT molecular complexity index is 973. The maximum atomic E-state index is 12.7. The summed E-state index contributed by atoms with van der Waals surface area (Å²) in [6.07, 6.45) is 3.83. The zero-order valence-corrected chi connectivity index (χ0v) is 14.6. The molecule has 0 spiro atoms. The number of nitrogens with zero attached hydrogens (tertiary/aromatic N) is 1. The zero-order chi connectivity index (χ0) is 18.5. The molecule has 0 amide bonds. The van der Waals surface area contributed by atoms with E-state index in [1.807, 2.05) is 18.2 Å². The predicted molar refractivity (Wildman–Crippen MR) is 101 cm³/mol. The van der Waals surface area contributed by atoms with Crippen LogP contribution < -0.4 is 10.3 Å². The van der Waals surface area contributed by atoms with Gasteiger partial charge in [0.15, 0.2) is 0 Å². The molecule has 0 saturated heterocycles. The fourth-order valence-electron chi connectivity index (χ4n) is 2.76. The first-order chi connectivity index (χ1) is 12.6. The van der Waals surface area contributed by atoms with Gasteiger partial charge < -0.3 is 14.4 Å². The molecule has 1 N–H and O–H groups in total. The van der Waals surface area contributed by atoms with Crippen LogP contribution in [0.2, 0.25) is 0 Å². The van der Waals surface area contributed by atoms with E-state index in [1.54, 1.807) is 41.1 Å². The highest BCUT2D eigenvalue weighted by atomic mass is 16.5. The molecule has 0 fully saturated rings. The van der Waals surface area contributed by atoms with Crippen molar-refractivity contribution in [3.05, 3.63) is 76.2 Å². The van der Waals surface area contributed by atoms with E-state index in [1.165, 1.54) is 0 Å². The molecule has 0 aliphatic rings. The zero-order valence-electron chi connectivity index (χ0n) is 14.6. The molecule has 1 heterocycles. The number of ether oxygens (including phenoxy) is 1. The maximum absolute atomic E-state index is 12.7. The molecule has 0 radical (unpaired) electrons. The highest BCUT2D eigenvalue weighted by molar-refractivity contribution is 5.87. The third-order valence-corrected chi connectivity index (χ3v) is 4.27. The van der Waals surface area contributed by atoms with Crippen LogP contribution in [-0.4, -0.2) is 22.2 Å². The van der Waals surface area contributed by atoms with Gasteiger partial charge in [-0.25, -0.2) is 4.79 Å². The number of benzene rings is 2. The third-order valence-electron chi connectivity index (χ3n) is 4.27. The van der Waals surface area contributed by atoms with Crippen LogP contribution in [0.15, 0.2) is 59.5 Å². The summed E-state index contributed by atoms with van der Waals surface area (Å²) in [6.45, 7) is 3.18. The van der Waals surface area contributed by atoms with E-state index in [0.717, 1.165) is 29.5 Å². The lowest BCUT2D eigenvalue weighted by molar-refractivity contribution is 0.0697. The van der Waals surface area contributed by atoms with Crippen LogP contribution in [0.5, 0.6) is 5.75 Å². The highest BCUT2D eigenvalue weighted by Gasteiger charge is 2.06. The fourth-order valence-corrected chi connectivity index (χ4v) is 2.76. The van der Waals surface area contributed by atoms with Gasteiger partial charge in [0.25, 0.3) is 5.56 Å². The van der Waals surface area contributed by atoms with Crippen molar-refractivity contribution in [1.29, 1.82) is 0 Å². The molecule has 0 aliphatic heterocycles. The average molecular weight is 351 g/mol. The van der Waals surface area contributed by atoms with Crippen LogP contribution in [0.4, 0.5) is 0 Å². The molecule has 5 heteroatoms. The molecule has 0 saturated carbocycles. The van der Waals surface area contributed by atoms with E-state index in [4.69, 9.17) is 9.84 Å². The van der Waals surface area contributed by atoms with Crippen LogP contribution in [-0.2, 0) is 6.54 Å². The van der Waals surface area contributed by atoms with Gasteiger partial charge in [-0.05, 0) is 53.8 Å². The van der Waals surface area contributed by atoms with Crippen LogP contribution in [0.3, 0.4) is 0 Å². The minimum absolute atomic E-state index is 0.0788. The molecular weight excluding hydrogens is 330 g/mol. The van der Waals surface area contributed by atoms with E-state index >= 15 is 0 Å². The summed E-state index contributed by atoms with van der Waals surface area (Å²) in [5.74, 6) is -0.191. The fraction of sp³-hybridized carbons (Fsp3) is 0.238. The molecule has 2 aromatic carbocycles. The molecule has 0 bridgehead atoms. The Kier molecular flexibility index (Phi) is 5.37. The van der Waals surface area contributed by atoms with Crippen molar-refractivity contribution in [2.24, 2.45) is 0 Å². The summed E-state index contributed by atoms with van der Waals surface area (Å²) in [5.41, 5.74) is 1.02. The Morgan fingerprint density at radius 1 is 1.12 bits per heavy atom.